The minimum absolute atomic E-state index is 0.170. The predicted molar refractivity (Wildman–Crippen MR) is 95.3 cm³/mol. The fourth-order valence-electron chi connectivity index (χ4n) is 2.98. The van der Waals surface area contributed by atoms with Gasteiger partial charge in [0, 0.05) is 17.1 Å². The van der Waals surface area contributed by atoms with Crippen molar-refractivity contribution in [2.24, 2.45) is 0 Å². The number of hydrogen-bond acceptors (Lipinski definition) is 2. The molecule has 3 aromatic rings. The zero-order chi connectivity index (χ0) is 19.6. The second kappa shape index (κ2) is 7.26. The molecule has 0 aliphatic heterocycles. The number of fused-ring (bicyclic) bond motifs is 1. The maximum atomic E-state index is 12.9. The molecule has 2 aromatic carbocycles. The Hall–Kier alpha value is -3.09. The van der Waals surface area contributed by atoms with Crippen molar-refractivity contribution in [2.45, 2.75) is 25.7 Å². The molecule has 0 radical (unpaired) electrons. The molecule has 0 unspecified atom stereocenters. The molecule has 1 amide bonds. The number of rotatable bonds is 5. The molecule has 0 spiro atoms. The van der Waals surface area contributed by atoms with Gasteiger partial charge in [-0.3, -0.25) is 9.59 Å². The number of ketones is 1. The third-order valence-electron chi connectivity index (χ3n) is 4.28. The van der Waals surface area contributed by atoms with Gasteiger partial charge in [-0.05, 0) is 18.6 Å². The van der Waals surface area contributed by atoms with Gasteiger partial charge < -0.3 is 9.88 Å². The summed E-state index contributed by atoms with van der Waals surface area (Å²) in [6, 6.07) is 15.3. The maximum absolute atomic E-state index is 12.9. The van der Waals surface area contributed by atoms with Gasteiger partial charge in [0.1, 0.15) is 6.54 Å². The van der Waals surface area contributed by atoms with Gasteiger partial charge in [-0.2, -0.15) is 13.2 Å². The number of carbonyl (C=O) groups excluding carboxylic acids is 2. The van der Waals surface area contributed by atoms with E-state index >= 15 is 0 Å². The first kappa shape index (κ1) is 18.7. The Bertz CT molecular complexity index is 978. The lowest BCUT2D eigenvalue weighted by atomic mass is 10.1. The number of alkyl halides is 3. The van der Waals surface area contributed by atoms with Gasteiger partial charge in [-0.15, -0.1) is 0 Å². The fraction of sp³-hybridized carbons (Fsp3) is 0.200. The summed E-state index contributed by atoms with van der Waals surface area (Å²) in [5, 5.41) is 2.98. The summed E-state index contributed by atoms with van der Waals surface area (Å²) < 4.78 is 39.9. The minimum atomic E-state index is -4.97. The van der Waals surface area contributed by atoms with E-state index in [9.17, 15) is 22.8 Å². The highest BCUT2D eigenvalue weighted by Gasteiger charge is 2.40. The van der Waals surface area contributed by atoms with Crippen molar-refractivity contribution in [1.82, 2.24) is 9.88 Å². The second-order valence-corrected chi connectivity index (χ2v) is 6.21. The highest BCUT2D eigenvalue weighted by atomic mass is 19.4. The van der Waals surface area contributed by atoms with Crippen LogP contribution in [0.1, 0.15) is 28.9 Å². The smallest absolute Gasteiger partial charge is 0.348 e. The normalized spacial score (nSPS) is 12.7. The highest BCUT2D eigenvalue weighted by Crippen LogP contribution is 2.28. The lowest BCUT2D eigenvalue weighted by Gasteiger charge is -2.15. The zero-order valence-electron chi connectivity index (χ0n) is 14.5. The Labute approximate surface area is 153 Å². The number of nitrogens with zero attached hydrogens (tertiary/aromatic N) is 1. The molecule has 0 aliphatic carbocycles. The van der Waals surface area contributed by atoms with Crippen molar-refractivity contribution in [3.63, 3.8) is 0 Å². The van der Waals surface area contributed by atoms with E-state index in [1.807, 2.05) is 37.3 Å². The fourth-order valence-corrected chi connectivity index (χ4v) is 2.98. The zero-order valence-corrected chi connectivity index (χ0v) is 14.5. The Morgan fingerprint density at radius 2 is 1.67 bits per heavy atom. The summed E-state index contributed by atoms with van der Waals surface area (Å²) in [6.07, 6.45) is -3.88. The van der Waals surface area contributed by atoms with E-state index in [-0.39, 0.29) is 23.9 Å². The number of para-hydroxylation sites is 1. The van der Waals surface area contributed by atoms with E-state index < -0.39 is 17.5 Å². The number of benzene rings is 2. The standard InChI is InChI=1S/C20H17F3N2O2/c1-13(14-7-3-2-4-8-14)24-18(26)12-25-11-16(19(27)20(21,22)23)15-9-5-6-10-17(15)25/h2-11,13H,12H2,1H3,(H,24,26)/t13-/m1/s1. The van der Waals surface area contributed by atoms with Crippen LogP contribution in [0.25, 0.3) is 10.9 Å². The molecule has 27 heavy (non-hydrogen) atoms. The monoisotopic (exact) mass is 374 g/mol. The van der Waals surface area contributed by atoms with Crippen molar-refractivity contribution in [1.29, 1.82) is 0 Å². The molecule has 0 saturated carbocycles. The maximum Gasteiger partial charge on any atom is 0.454 e. The molecule has 0 bridgehead atoms. The van der Waals surface area contributed by atoms with Crippen molar-refractivity contribution in [3.05, 3.63) is 71.9 Å². The van der Waals surface area contributed by atoms with Crippen LogP contribution in [-0.4, -0.2) is 22.4 Å². The molecular weight excluding hydrogens is 357 g/mol. The Morgan fingerprint density at radius 3 is 2.33 bits per heavy atom. The van der Waals surface area contributed by atoms with Gasteiger partial charge in [0.15, 0.2) is 0 Å². The third kappa shape index (κ3) is 4.02. The van der Waals surface area contributed by atoms with Gasteiger partial charge in [-0.1, -0.05) is 48.5 Å². The van der Waals surface area contributed by atoms with Crippen LogP contribution < -0.4 is 5.32 Å². The summed E-state index contributed by atoms with van der Waals surface area (Å²) in [6.45, 7) is 1.63. The van der Waals surface area contributed by atoms with E-state index in [0.717, 1.165) is 11.8 Å². The second-order valence-electron chi connectivity index (χ2n) is 6.21. The summed E-state index contributed by atoms with van der Waals surface area (Å²) in [5.74, 6) is -2.28. The number of halogens is 3. The van der Waals surface area contributed by atoms with Gasteiger partial charge in [0.2, 0.25) is 5.91 Å². The molecular formula is C20H17F3N2O2. The van der Waals surface area contributed by atoms with Crippen LogP contribution >= 0.6 is 0 Å². The minimum Gasteiger partial charge on any atom is -0.348 e. The first-order chi connectivity index (χ1) is 12.8. The lowest BCUT2D eigenvalue weighted by Crippen LogP contribution is -2.30. The molecule has 4 nitrogen and oxygen atoms in total. The van der Waals surface area contributed by atoms with E-state index in [4.69, 9.17) is 0 Å². The molecule has 1 atom stereocenters. The lowest BCUT2D eigenvalue weighted by molar-refractivity contribution is -0.122. The van der Waals surface area contributed by atoms with E-state index in [1.165, 1.54) is 10.6 Å². The molecule has 1 aromatic heterocycles. The van der Waals surface area contributed by atoms with Crippen LogP contribution in [0.15, 0.2) is 60.8 Å². The van der Waals surface area contributed by atoms with Gasteiger partial charge in [-0.25, -0.2) is 0 Å². The predicted octanol–water partition coefficient (Wildman–Crippen LogP) is 4.26. The number of nitrogens with one attached hydrogen (secondary N) is 1. The summed E-state index contributed by atoms with van der Waals surface area (Å²) in [7, 11) is 0. The molecule has 1 N–H and O–H groups in total. The molecule has 1 heterocycles. The van der Waals surface area contributed by atoms with Crippen LogP contribution in [0.5, 0.6) is 0 Å². The van der Waals surface area contributed by atoms with Crippen molar-refractivity contribution >= 4 is 22.6 Å². The SMILES string of the molecule is C[C@@H](NC(=O)Cn1cc(C(=O)C(F)(F)F)c2ccccc21)c1ccccc1. The van der Waals surface area contributed by atoms with Crippen LogP contribution in [0.2, 0.25) is 0 Å². The van der Waals surface area contributed by atoms with Gasteiger partial charge >= 0.3 is 6.18 Å². The van der Waals surface area contributed by atoms with Gasteiger partial charge in [0.05, 0.1) is 11.6 Å². The van der Waals surface area contributed by atoms with Crippen molar-refractivity contribution < 1.29 is 22.8 Å². The molecule has 0 saturated heterocycles. The van der Waals surface area contributed by atoms with Crippen LogP contribution in [0.4, 0.5) is 13.2 Å². The molecule has 140 valence electrons. The molecule has 0 fully saturated rings. The topological polar surface area (TPSA) is 51.1 Å². The average Bonchev–Trinajstić information content (AvgIpc) is 2.99. The number of carbonyl (C=O) groups is 2. The Balaban J connectivity index is 1.85. The summed E-state index contributed by atoms with van der Waals surface area (Å²) >= 11 is 0. The average molecular weight is 374 g/mol. The highest BCUT2D eigenvalue weighted by molar-refractivity contribution is 6.10. The summed E-state index contributed by atoms with van der Waals surface area (Å²) in [5.41, 5.74) is 0.853. The first-order valence-corrected chi connectivity index (χ1v) is 8.31. The number of aromatic nitrogens is 1. The number of amides is 1. The van der Waals surface area contributed by atoms with E-state index in [2.05, 4.69) is 5.32 Å². The largest absolute Gasteiger partial charge is 0.454 e. The number of hydrogen-bond donors (Lipinski definition) is 1. The number of Topliss-reactive ketones (excluding diaryl/α,β-unsaturated/α-hetero) is 1. The Kier molecular flexibility index (Phi) is 5.03. The molecule has 7 heteroatoms. The first-order valence-electron chi connectivity index (χ1n) is 8.31. The van der Waals surface area contributed by atoms with Gasteiger partial charge in [0.25, 0.3) is 5.78 Å². The van der Waals surface area contributed by atoms with E-state index in [0.29, 0.717) is 5.52 Å². The van der Waals surface area contributed by atoms with Crippen molar-refractivity contribution in [3.8, 4) is 0 Å². The van der Waals surface area contributed by atoms with Crippen LogP contribution in [0.3, 0.4) is 0 Å². The molecule has 3 rings (SSSR count). The summed E-state index contributed by atoms with van der Waals surface area (Å²) in [4.78, 5) is 24.1. The van der Waals surface area contributed by atoms with Crippen LogP contribution in [0, 0.1) is 0 Å². The van der Waals surface area contributed by atoms with Crippen molar-refractivity contribution in [2.75, 3.05) is 0 Å². The molecule has 0 aliphatic rings. The third-order valence-corrected chi connectivity index (χ3v) is 4.28. The van der Waals surface area contributed by atoms with Crippen LogP contribution in [-0.2, 0) is 11.3 Å². The Morgan fingerprint density at radius 1 is 1.04 bits per heavy atom. The quantitative estimate of drug-likeness (QED) is 0.679. The van der Waals surface area contributed by atoms with E-state index in [1.54, 1.807) is 18.2 Å².